The maximum Gasteiger partial charge on any atom is 0.331 e. The normalized spacial score (nSPS) is 13.2. The molecule has 1 atom stereocenters. The molecule has 0 heterocycles. The van der Waals surface area contributed by atoms with Gasteiger partial charge in [-0.1, -0.05) is 13.3 Å². The molecule has 0 bridgehead atoms. The van der Waals surface area contributed by atoms with Gasteiger partial charge in [0.25, 0.3) is 0 Å². The Morgan fingerprint density at radius 3 is 2.40 bits per heavy atom. The first-order chi connectivity index (χ1) is 9.41. The number of ether oxygens (including phenoxy) is 1. The molecule has 0 aliphatic heterocycles. The van der Waals surface area contributed by atoms with E-state index in [-0.39, 0.29) is 5.82 Å². The quantitative estimate of drug-likeness (QED) is 0.816. The Labute approximate surface area is 117 Å². The highest BCUT2D eigenvalue weighted by Crippen LogP contribution is 2.15. The predicted molar refractivity (Wildman–Crippen MR) is 73.9 cm³/mol. The third-order valence-corrected chi connectivity index (χ3v) is 2.88. The van der Waals surface area contributed by atoms with Crippen LogP contribution >= 0.6 is 0 Å². The molecule has 0 spiro atoms. The molecule has 6 heteroatoms. The number of rotatable bonds is 5. The average Bonchev–Trinajstić information content (AvgIpc) is 2.40. The van der Waals surface area contributed by atoms with Crippen molar-refractivity contribution in [2.24, 2.45) is 0 Å². The van der Waals surface area contributed by atoms with E-state index in [0.717, 1.165) is 0 Å². The van der Waals surface area contributed by atoms with E-state index >= 15 is 0 Å². The fraction of sp³-hybridized carbons (Fsp3) is 0.429. The molecule has 1 unspecified atom stereocenters. The molecule has 1 aromatic rings. The van der Waals surface area contributed by atoms with Crippen molar-refractivity contribution in [1.29, 1.82) is 0 Å². The van der Waals surface area contributed by atoms with Crippen LogP contribution in [0.1, 0.15) is 26.7 Å². The maximum atomic E-state index is 12.8. The van der Waals surface area contributed by atoms with Crippen molar-refractivity contribution in [3.05, 3.63) is 30.1 Å². The van der Waals surface area contributed by atoms with E-state index in [9.17, 15) is 14.0 Å². The largest absolute Gasteiger partial charge is 0.467 e. The summed E-state index contributed by atoms with van der Waals surface area (Å²) in [5, 5.41) is 5.13. The topological polar surface area (TPSA) is 67.4 Å². The van der Waals surface area contributed by atoms with Crippen molar-refractivity contribution in [2.45, 2.75) is 32.2 Å². The number of hydrogen-bond acceptors (Lipinski definition) is 3. The van der Waals surface area contributed by atoms with E-state index in [1.54, 1.807) is 6.92 Å². The standard InChI is InChI=1S/C14H19FN2O3/c1-4-9-14(2,12(18)20-3)17-13(19)16-11-7-5-10(15)6-8-11/h5-8H,4,9H2,1-3H3,(H2,16,17,19). The Hall–Kier alpha value is -2.11. The van der Waals surface area contributed by atoms with E-state index in [0.29, 0.717) is 18.5 Å². The molecule has 110 valence electrons. The van der Waals surface area contributed by atoms with Crippen LogP contribution in [0.15, 0.2) is 24.3 Å². The lowest BCUT2D eigenvalue weighted by Gasteiger charge is -2.27. The van der Waals surface area contributed by atoms with Crippen LogP contribution < -0.4 is 10.6 Å². The second-order valence-corrected chi connectivity index (χ2v) is 4.66. The summed E-state index contributed by atoms with van der Waals surface area (Å²) in [4.78, 5) is 23.6. The monoisotopic (exact) mass is 282 g/mol. The number of anilines is 1. The number of urea groups is 1. The molecule has 0 saturated heterocycles. The molecule has 1 aromatic carbocycles. The van der Waals surface area contributed by atoms with Gasteiger partial charge in [0.2, 0.25) is 0 Å². The Morgan fingerprint density at radius 2 is 1.90 bits per heavy atom. The summed E-state index contributed by atoms with van der Waals surface area (Å²) >= 11 is 0. The van der Waals surface area contributed by atoms with Crippen LogP contribution in [0.4, 0.5) is 14.9 Å². The highest BCUT2D eigenvalue weighted by molar-refractivity contribution is 5.94. The third kappa shape index (κ3) is 4.22. The van der Waals surface area contributed by atoms with Crippen LogP contribution in [0.2, 0.25) is 0 Å². The molecule has 20 heavy (non-hydrogen) atoms. The molecule has 5 nitrogen and oxygen atoms in total. The third-order valence-electron chi connectivity index (χ3n) is 2.88. The molecule has 0 radical (unpaired) electrons. The second-order valence-electron chi connectivity index (χ2n) is 4.66. The van der Waals surface area contributed by atoms with E-state index in [4.69, 9.17) is 4.74 Å². The number of carbonyl (C=O) groups is 2. The first-order valence-corrected chi connectivity index (χ1v) is 6.34. The van der Waals surface area contributed by atoms with Gasteiger partial charge in [-0.3, -0.25) is 0 Å². The summed E-state index contributed by atoms with van der Waals surface area (Å²) in [5.41, 5.74) is -0.652. The van der Waals surface area contributed by atoms with Gasteiger partial charge in [0.15, 0.2) is 0 Å². The first-order valence-electron chi connectivity index (χ1n) is 6.34. The van der Waals surface area contributed by atoms with E-state index < -0.39 is 17.5 Å². The first kappa shape index (κ1) is 15.9. The molecule has 0 saturated carbocycles. The smallest absolute Gasteiger partial charge is 0.331 e. The Balaban J connectivity index is 2.71. The van der Waals surface area contributed by atoms with Crippen molar-refractivity contribution in [2.75, 3.05) is 12.4 Å². The molecule has 0 aromatic heterocycles. The number of halogens is 1. The number of benzene rings is 1. The minimum atomic E-state index is -1.09. The van der Waals surface area contributed by atoms with Gasteiger partial charge in [-0.15, -0.1) is 0 Å². The van der Waals surface area contributed by atoms with Crippen molar-refractivity contribution in [3.8, 4) is 0 Å². The summed E-state index contributed by atoms with van der Waals surface area (Å²) in [6.45, 7) is 3.51. The number of methoxy groups -OCH3 is 1. The van der Waals surface area contributed by atoms with Crippen LogP contribution in [0, 0.1) is 5.82 Å². The fourth-order valence-corrected chi connectivity index (χ4v) is 1.89. The van der Waals surface area contributed by atoms with E-state index in [1.165, 1.54) is 31.4 Å². The predicted octanol–water partition coefficient (Wildman–Crippen LogP) is 2.68. The summed E-state index contributed by atoms with van der Waals surface area (Å²) in [6.07, 6.45) is 1.17. The lowest BCUT2D eigenvalue weighted by molar-refractivity contribution is -0.147. The summed E-state index contributed by atoms with van der Waals surface area (Å²) < 4.78 is 17.5. The molecule has 1 rings (SSSR count). The lowest BCUT2D eigenvalue weighted by atomic mass is 9.96. The van der Waals surface area contributed by atoms with E-state index in [1.807, 2.05) is 6.92 Å². The SMILES string of the molecule is CCCC(C)(NC(=O)Nc1ccc(F)cc1)C(=O)OC. The van der Waals surface area contributed by atoms with Crippen molar-refractivity contribution in [3.63, 3.8) is 0 Å². The number of carbonyl (C=O) groups excluding carboxylic acids is 2. The minimum Gasteiger partial charge on any atom is -0.467 e. The minimum absolute atomic E-state index is 0.388. The molecule has 2 N–H and O–H groups in total. The molecular formula is C14H19FN2O3. The van der Waals surface area contributed by atoms with Crippen molar-refractivity contribution >= 4 is 17.7 Å². The number of amides is 2. The van der Waals surface area contributed by atoms with Crippen LogP contribution in [0.25, 0.3) is 0 Å². The van der Waals surface area contributed by atoms with Crippen LogP contribution in [0.3, 0.4) is 0 Å². The zero-order valence-corrected chi connectivity index (χ0v) is 11.8. The van der Waals surface area contributed by atoms with Gasteiger partial charge in [-0.05, 0) is 37.6 Å². The number of nitrogens with one attached hydrogen (secondary N) is 2. The Kier molecular flexibility index (Phi) is 5.49. The maximum absolute atomic E-state index is 12.8. The van der Waals surface area contributed by atoms with Gasteiger partial charge in [0.1, 0.15) is 11.4 Å². The molecule has 0 fully saturated rings. The molecule has 0 aliphatic carbocycles. The zero-order chi connectivity index (χ0) is 15.2. The molecule has 0 aliphatic rings. The highest BCUT2D eigenvalue weighted by atomic mass is 19.1. The highest BCUT2D eigenvalue weighted by Gasteiger charge is 2.35. The van der Waals surface area contributed by atoms with Gasteiger partial charge in [0, 0.05) is 5.69 Å². The number of esters is 1. The number of hydrogen-bond donors (Lipinski definition) is 2. The second kappa shape index (κ2) is 6.88. The van der Waals surface area contributed by atoms with E-state index in [2.05, 4.69) is 10.6 Å². The lowest BCUT2D eigenvalue weighted by Crippen LogP contribution is -2.54. The summed E-state index contributed by atoms with van der Waals surface area (Å²) in [5.74, 6) is -0.894. The van der Waals surface area contributed by atoms with Crippen LogP contribution in [-0.4, -0.2) is 24.6 Å². The van der Waals surface area contributed by atoms with Gasteiger partial charge in [-0.25, -0.2) is 14.0 Å². The van der Waals surface area contributed by atoms with Gasteiger partial charge in [-0.2, -0.15) is 0 Å². The zero-order valence-electron chi connectivity index (χ0n) is 11.8. The summed E-state index contributed by atoms with van der Waals surface area (Å²) in [6, 6.07) is 4.80. The van der Waals surface area contributed by atoms with Crippen LogP contribution in [-0.2, 0) is 9.53 Å². The van der Waals surface area contributed by atoms with Crippen molar-refractivity contribution in [1.82, 2.24) is 5.32 Å². The molecule has 2 amide bonds. The fourth-order valence-electron chi connectivity index (χ4n) is 1.89. The van der Waals surface area contributed by atoms with Crippen molar-refractivity contribution < 1.29 is 18.7 Å². The van der Waals surface area contributed by atoms with Gasteiger partial charge >= 0.3 is 12.0 Å². The Bertz CT molecular complexity index is 476. The van der Waals surface area contributed by atoms with Crippen LogP contribution in [0.5, 0.6) is 0 Å². The summed E-state index contributed by atoms with van der Waals surface area (Å²) in [7, 11) is 1.27. The Morgan fingerprint density at radius 1 is 1.30 bits per heavy atom. The molecular weight excluding hydrogens is 263 g/mol. The van der Waals surface area contributed by atoms with Gasteiger partial charge in [0.05, 0.1) is 7.11 Å². The van der Waals surface area contributed by atoms with Gasteiger partial charge < -0.3 is 15.4 Å². The average molecular weight is 282 g/mol.